The molecule has 0 amide bonds. The second-order valence-electron chi connectivity index (χ2n) is 6.49. The minimum absolute atomic E-state index is 0.774. The molecule has 0 bridgehead atoms. The molecule has 4 aromatic carbocycles. The van der Waals surface area contributed by atoms with Gasteiger partial charge < -0.3 is 0 Å². The quantitative estimate of drug-likeness (QED) is 0.432. The fourth-order valence-electron chi connectivity index (χ4n) is 2.83. The maximum Gasteiger partial charge on any atom is 0.122 e. The van der Waals surface area contributed by atoms with E-state index in [0.717, 1.165) is 9.52 Å². The molecule has 4 rings (SSSR count). The molecule has 1 heteroatoms. The zero-order valence-corrected chi connectivity index (χ0v) is 16.9. The van der Waals surface area contributed by atoms with Crippen LogP contribution in [0.1, 0.15) is 11.1 Å². The third-order valence-corrected chi connectivity index (χ3v) is 6.10. The molecule has 4 aromatic rings. The molecule has 0 fully saturated rings. The van der Waals surface area contributed by atoms with Gasteiger partial charge in [-0.2, -0.15) is 0 Å². The molecule has 0 spiro atoms. The first-order valence-electron chi connectivity index (χ1n) is 9.23. The minimum Gasteiger partial charge on any atom is -0.0628 e. The Morgan fingerprint density at radius 2 is 0.741 bits per heavy atom. The Morgan fingerprint density at radius 1 is 0.407 bits per heavy atom. The molecule has 0 nitrogen and oxygen atoms in total. The molecule has 0 aromatic heterocycles. The summed E-state index contributed by atoms with van der Waals surface area (Å²) in [5, 5.41) is 2.90. The van der Waals surface area contributed by atoms with Crippen molar-refractivity contribution < 1.29 is 0 Å². The van der Waals surface area contributed by atoms with Crippen LogP contribution in [0.25, 0.3) is 11.1 Å². The highest BCUT2D eigenvalue weighted by Gasteiger charge is 2.02. The van der Waals surface area contributed by atoms with E-state index in [2.05, 4.69) is 111 Å². The van der Waals surface area contributed by atoms with Gasteiger partial charge in [-0.3, -0.25) is 0 Å². The third kappa shape index (κ3) is 5.53. The molecule has 0 atom stereocenters. The van der Waals surface area contributed by atoms with Crippen LogP contribution in [0.15, 0.2) is 109 Å². The number of aryl methyl sites for hydroxylation is 2. The first-order chi connectivity index (χ1) is 13.2. The number of hydrogen-bond donors (Lipinski definition) is 0. The smallest absolute Gasteiger partial charge is 0.0628 e. The normalized spacial score (nSPS) is 10.0. The lowest BCUT2D eigenvalue weighted by molar-refractivity contribution is 1.50. The minimum atomic E-state index is 0.774. The van der Waals surface area contributed by atoms with Gasteiger partial charge in [0.2, 0.25) is 0 Å². The Hall–Kier alpha value is -2.90. The summed E-state index contributed by atoms with van der Waals surface area (Å²) in [5.74, 6) is 0. The van der Waals surface area contributed by atoms with Crippen molar-refractivity contribution in [3.63, 3.8) is 0 Å². The zero-order valence-electron chi connectivity index (χ0n) is 15.9. The summed E-state index contributed by atoms with van der Waals surface area (Å²) in [6.07, 6.45) is 0. The van der Waals surface area contributed by atoms with Crippen LogP contribution < -0.4 is 10.4 Å². The number of benzene rings is 4. The molecular formula is C26H24Si. The van der Waals surface area contributed by atoms with Gasteiger partial charge in [-0.25, -0.2) is 0 Å². The van der Waals surface area contributed by atoms with E-state index < -0.39 is 0 Å². The molecule has 0 aliphatic rings. The van der Waals surface area contributed by atoms with Crippen molar-refractivity contribution in [1.29, 1.82) is 0 Å². The van der Waals surface area contributed by atoms with Gasteiger partial charge in [-0.1, -0.05) is 131 Å². The van der Waals surface area contributed by atoms with Gasteiger partial charge >= 0.3 is 0 Å². The van der Waals surface area contributed by atoms with Crippen LogP contribution in [0, 0.1) is 13.8 Å². The lowest BCUT2D eigenvalue weighted by atomic mass is 10.1. The lowest BCUT2D eigenvalue weighted by Gasteiger charge is -2.06. The van der Waals surface area contributed by atoms with Crippen molar-refractivity contribution in [1.82, 2.24) is 0 Å². The molecule has 0 aliphatic carbocycles. The van der Waals surface area contributed by atoms with Crippen molar-refractivity contribution in [3.8, 4) is 11.1 Å². The van der Waals surface area contributed by atoms with Gasteiger partial charge in [0.05, 0.1) is 0 Å². The molecule has 0 aliphatic heterocycles. The molecular weight excluding hydrogens is 340 g/mol. The van der Waals surface area contributed by atoms with Crippen molar-refractivity contribution in [2.75, 3.05) is 0 Å². The second kappa shape index (κ2) is 9.70. The maximum absolute atomic E-state index is 2.22. The summed E-state index contributed by atoms with van der Waals surface area (Å²) in [4.78, 5) is 0. The van der Waals surface area contributed by atoms with E-state index in [1.807, 2.05) is 12.1 Å². The Bertz CT molecular complexity index is 878. The number of rotatable bonds is 3. The first-order valence-corrected chi connectivity index (χ1v) is 10.2. The molecule has 2 radical (unpaired) electrons. The van der Waals surface area contributed by atoms with Gasteiger partial charge in [-0.05, 0) is 25.0 Å². The lowest BCUT2D eigenvalue weighted by Crippen LogP contribution is -2.30. The third-order valence-electron chi connectivity index (χ3n) is 4.44. The topological polar surface area (TPSA) is 0 Å². The van der Waals surface area contributed by atoms with Crippen LogP contribution in [-0.4, -0.2) is 9.52 Å². The molecule has 0 N–H and O–H groups in total. The summed E-state index contributed by atoms with van der Waals surface area (Å²) < 4.78 is 0. The Labute approximate surface area is 165 Å². The van der Waals surface area contributed by atoms with Crippen LogP contribution in [0.4, 0.5) is 0 Å². The SMILES string of the molecule is Cc1ccccc1[Si]c1ccccc1C.c1ccc(-c2ccccc2)cc1. The Balaban J connectivity index is 0.000000159. The van der Waals surface area contributed by atoms with E-state index in [4.69, 9.17) is 0 Å². The fraction of sp³-hybridized carbons (Fsp3) is 0.0769. The average molecular weight is 365 g/mol. The standard InChI is InChI=1S/C14H14Si.C12H10/c1-11-7-3-5-9-13(11)15-14-10-6-4-8-12(14)2;1-3-7-11(8-4-1)12-9-5-2-6-10-12/h3-10H,1-2H3;1-10H. The van der Waals surface area contributed by atoms with Crippen LogP contribution in [-0.2, 0) is 0 Å². The van der Waals surface area contributed by atoms with Crippen molar-refractivity contribution in [3.05, 3.63) is 120 Å². The Morgan fingerprint density at radius 3 is 1.11 bits per heavy atom. The molecule has 27 heavy (non-hydrogen) atoms. The highest BCUT2D eigenvalue weighted by molar-refractivity contribution is 6.68. The zero-order chi connectivity index (χ0) is 18.9. The Kier molecular flexibility index (Phi) is 6.78. The van der Waals surface area contributed by atoms with Crippen LogP contribution in [0.5, 0.6) is 0 Å². The van der Waals surface area contributed by atoms with Crippen LogP contribution in [0.2, 0.25) is 0 Å². The maximum atomic E-state index is 2.22. The highest BCUT2D eigenvalue weighted by Crippen LogP contribution is 2.17. The molecule has 0 saturated carbocycles. The fourth-order valence-corrected chi connectivity index (χ4v) is 4.04. The summed E-state index contributed by atoms with van der Waals surface area (Å²) in [6.45, 7) is 4.36. The van der Waals surface area contributed by atoms with Gasteiger partial charge in [0.1, 0.15) is 9.52 Å². The van der Waals surface area contributed by atoms with Crippen molar-refractivity contribution >= 4 is 19.9 Å². The van der Waals surface area contributed by atoms with E-state index in [1.54, 1.807) is 0 Å². The highest BCUT2D eigenvalue weighted by atomic mass is 28.2. The van der Waals surface area contributed by atoms with Gasteiger partial charge in [0.25, 0.3) is 0 Å². The predicted molar refractivity (Wildman–Crippen MR) is 119 cm³/mol. The molecule has 0 unspecified atom stereocenters. The van der Waals surface area contributed by atoms with Crippen LogP contribution >= 0.6 is 0 Å². The summed E-state index contributed by atoms with van der Waals surface area (Å²) in [7, 11) is 0.774. The van der Waals surface area contributed by atoms with E-state index >= 15 is 0 Å². The summed E-state index contributed by atoms with van der Waals surface area (Å²) in [6, 6.07) is 38.0. The number of hydrogen-bond acceptors (Lipinski definition) is 0. The summed E-state index contributed by atoms with van der Waals surface area (Å²) >= 11 is 0. The van der Waals surface area contributed by atoms with Gasteiger partial charge in [0, 0.05) is 0 Å². The first kappa shape index (κ1) is 18.9. The van der Waals surface area contributed by atoms with Gasteiger partial charge in [0.15, 0.2) is 0 Å². The van der Waals surface area contributed by atoms with Crippen molar-refractivity contribution in [2.45, 2.75) is 13.8 Å². The molecule has 0 heterocycles. The second-order valence-corrected chi connectivity index (χ2v) is 7.81. The van der Waals surface area contributed by atoms with E-state index in [0.29, 0.717) is 0 Å². The van der Waals surface area contributed by atoms with E-state index in [9.17, 15) is 0 Å². The predicted octanol–water partition coefficient (Wildman–Crippen LogP) is 5.31. The monoisotopic (exact) mass is 364 g/mol. The van der Waals surface area contributed by atoms with Gasteiger partial charge in [-0.15, -0.1) is 0 Å². The summed E-state index contributed by atoms with van der Waals surface area (Å²) in [5.41, 5.74) is 5.33. The van der Waals surface area contributed by atoms with Crippen LogP contribution in [0.3, 0.4) is 0 Å². The van der Waals surface area contributed by atoms with E-state index in [-0.39, 0.29) is 0 Å². The molecule has 132 valence electrons. The average Bonchev–Trinajstić information content (AvgIpc) is 2.73. The largest absolute Gasteiger partial charge is 0.122 e. The van der Waals surface area contributed by atoms with E-state index in [1.165, 1.54) is 32.6 Å². The molecule has 0 saturated heterocycles. The van der Waals surface area contributed by atoms with Crippen molar-refractivity contribution in [2.24, 2.45) is 0 Å².